The summed E-state index contributed by atoms with van der Waals surface area (Å²) in [5.41, 5.74) is 15.4. The van der Waals surface area contributed by atoms with Crippen LogP contribution in [-0.2, 0) is 48.2 Å². The first kappa shape index (κ1) is 43.4. The molecule has 8 rings (SSSR count). The van der Waals surface area contributed by atoms with Gasteiger partial charge in [-0.05, 0) is 108 Å². The summed E-state index contributed by atoms with van der Waals surface area (Å²) in [4.78, 5) is 43.7. The molecule has 0 spiro atoms. The molecule has 314 valence electrons. The summed E-state index contributed by atoms with van der Waals surface area (Å²) in [6.07, 6.45) is 8.21. The smallest absolute Gasteiger partial charge is 0.356 e. The van der Waals surface area contributed by atoms with E-state index in [-0.39, 0.29) is 24.3 Å². The van der Waals surface area contributed by atoms with Gasteiger partial charge in [-0.25, -0.2) is 29.5 Å². The van der Waals surface area contributed by atoms with Gasteiger partial charge in [0.1, 0.15) is 22.8 Å². The fourth-order valence-corrected chi connectivity index (χ4v) is 7.21. The van der Waals surface area contributed by atoms with Crippen molar-refractivity contribution in [1.82, 2.24) is 44.8 Å². The highest BCUT2D eigenvalue weighted by atomic mass is 35.5. The number of hydrogen-bond donors (Lipinski definition) is 4. The minimum atomic E-state index is -0.349. The first-order chi connectivity index (χ1) is 28.9. The van der Waals surface area contributed by atoms with E-state index in [1.54, 1.807) is 16.3 Å². The van der Waals surface area contributed by atoms with Crippen molar-refractivity contribution in [1.29, 1.82) is 0 Å². The van der Waals surface area contributed by atoms with E-state index < -0.39 is 0 Å². The summed E-state index contributed by atoms with van der Waals surface area (Å²) in [6, 6.07) is 19.6. The van der Waals surface area contributed by atoms with Crippen molar-refractivity contribution in [3.05, 3.63) is 107 Å². The molecule has 6 aromatic rings. The van der Waals surface area contributed by atoms with Crippen LogP contribution in [0.5, 0.6) is 0 Å². The number of nitrogens with zero attached hydrogens (tertiary/aromatic N) is 8. The van der Waals surface area contributed by atoms with Gasteiger partial charge in [0.2, 0.25) is 11.9 Å². The Bertz CT molecular complexity index is 2390. The number of benzene rings is 2. The number of aromatic nitrogens is 8. The number of hydrogen-bond acceptors (Lipinski definition) is 14. The quantitative estimate of drug-likeness (QED) is 0.0683. The molecule has 0 unspecified atom stereocenters. The Labute approximate surface area is 355 Å². The average Bonchev–Trinajstić information content (AvgIpc) is 3.83. The van der Waals surface area contributed by atoms with Crippen LogP contribution in [0.2, 0.25) is 0 Å². The molecule has 0 fully saturated rings. The van der Waals surface area contributed by atoms with Gasteiger partial charge in [0.15, 0.2) is 0 Å². The molecule has 0 saturated heterocycles. The minimum absolute atomic E-state index is 0. The maximum absolute atomic E-state index is 12.7. The van der Waals surface area contributed by atoms with Crippen molar-refractivity contribution in [2.45, 2.75) is 65.5 Å². The largest absolute Gasteiger partial charge is 0.461 e. The maximum atomic E-state index is 12.7. The number of ether oxygens (including phenoxy) is 2. The number of esters is 2. The Morgan fingerprint density at radius 2 is 1.12 bits per heavy atom. The van der Waals surface area contributed by atoms with Crippen molar-refractivity contribution < 1.29 is 19.1 Å². The normalized spacial score (nSPS) is 12.0. The van der Waals surface area contributed by atoms with Crippen LogP contribution in [0.25, 0.3) is 22.8 Å². The molecule has 0 radical (unpaired) electrons. The third-order valence-electron chi connectivity index (χ3n) is 9.94. The number of halogens is 1. The lowest BCUT2D eigenvalue weighted by atomic mass is 9.93. The van der Waals surface area contributed by atoms with Gasteiger partial charge in [-0.1, -0.05) is 36.4 Å². The predicted molar refractivity (Wildman–Crippen MR) is 232 cm³/mol. The lowest BCUT2D eigenvalue weighted by molar-refractivity contribution is 0.0500. The molecule has 4 aromatic heterocycles. The van der Waals surface area contributed by atoms with E-state index in [1.165, 1.54) is 0 Å². The highest BCUT2D eigenvalue weighted by molar-refractivity contribution is 5.93. The first-order valence-electron chi connectivity index (χ1n) is 20.2. The molecule has 5 N–H and O–H groups in total. The first-order valence-corrected chi connectivity index (χ1v) is 20.2. The number of fused-ring (bicyclic) bond motifs is 6. The molecule has 60 heavy (non-hydrogen) atoms. The number of para-hydroxylation sites is 2. The second-order valence-corrected chi connectivity index (χ2v) is 14.0. The second kappa shape index (κ2) is 20.6. The van der Waals surface area contributed by atoms with E-state index in [0.717, 1.165) is 95.1 Å². The number of carbonyl (C=O) groups excluding carboxylic acids is 2. The van der Waals surface area contributed by atoms with Gasteiger partial charge in [0, 0.05) is 48.0 Å². The van der Waals surface area contributed by atoms with Crippen LogP contribution in [-0.4, -0.2) is 84.8 Å². The minimum Gasteiger partial charge on any atom is -0.461 e. The van der Waals surface area contributed by atoms with Gasteiger partial charge in [0.05, 0.1) is 24.6 Å². The van der Waals surface area contributed by atoms with Gasteiger partial charge >= 0.3 is 11.9 Å². The van der Waals surface area contributed by atoms with Crippen molar-refractivity contribution in [2.75, 3.05) is 44.0 Å². The zero-order chi connectivity index (χ0) is 41.1. The maximum Gasteiger partial charge on any atom is 0.356 e. The molecule has 16 nitrogen and oxygen atoms in total. The van der Waals surface area contributed by atoms with Crippen molar-refractivity contribution in [3.63, 3.8) is 0 Å². The highest BCUT2D eigenvalue weighted by Gasteiger charge is 2.32. The Balaban J connectivity index is 0.000000198. The van der Waals surface area contributed by atoms with Gasteiger partial charge in [-0.2, -0.15) is 10.2 Å². The van der Waals surface area contributed by atoms with E-state index in [9.17, 15) is 9.59 Å². The number of nitrogens with two attached hydrogens (primary N) is 1. The molecule has 17 heteroatoms. The second-order valence-electron chi connectivity index (χ2n) is 14.0. The Morgan fingerprint density at radius 3 is 1.53 bits per heavy atom. The van der Waals surface area contributed by atoms with Crippen LogP contribution in [0.4, 0.5) is 23.3 Å². The molecule has 0 aliphatic heterocycles. The molecule has 0 bridgehead atoms. The van der Waals surface area contributed by atoms with E-state index in [0.29, 0.717) is 62.6 Å². The van der Waals surface area contributed by atoms with Crippen LogP contribution < -0.4 is 21.7 Å². The lowest BCUT2D eigenvalue weighted by Crippen LogP contribution is -2.18. The zero-order valence-corrected chi connectivity index (χ0v) is 34.9. The Hall–Kier alpha value is -6.23. The summed E-state index contributed by atoms with van der Waals surface area (Å²) in [6.45, 7) is 6.84. The van der Waals surface area contributed by atoms with Crippen molar-refractivity contribution >= 4 is 47.6 Å². The van der Waals surface area contributed by atoms with Crippen LogP contribution in [0.15, 0.2) is 73.1 Å². The standard InChI is InChI=1S/C22H26N6O2.C21H24N6O2.ClH/c1-3-30-21(29)20-17-11-10-15-14-24-22(25-16-8-5-4-6-9-16)26-18(15)19(17)27-28(20)13-7-12-23-2;1-2-29-20(28)19-16-10-9-14-13-23-21(24-15-7-4-3-5-8-15)25-17(14)18(16)26-27(19)12-6-11-22;/h4-6,8-9,14,23H,3,7,10-13H2,1-2H3,(H,24,25,26);3-5,7-8,13H,2,6,9-12,22H2,1H3,(H,23,24,25);1H. The number of aryl methyl sites for hydroxylation is 4. The Morgan fingerprint density at radius 1 is 0.667 bits per heavy atom. The number of nitrogens with one attached hydrogen (secondary N) is 3. The molecule has 0 amide bonds. The van der Waals surface area contributed by atoms with Crippen LogP contribution in [0.3, 0.4) is 0 Å². The third kappa shape index (κ3) is 9.79. The van der Waals surface area contributed by atoms with Crippen molar-refractivity contribution in [3.8, 4) is 22.8 Å². The SMILES string of the molecule is CCOC(=O)c1c2c(nn1CCCN)-c1nc(Nc3ccccc3)ncc1CC2.CCOC(=O)c1c2c(nn1CCCNC)-c1nc(Nc3ccccc3)ncc1CC2.Cl. The van der Waals surface area contributed by atoms with Gasteiger partial charge in [-0.15, -0.1) is 12.4 Å². The lowest BCUT2D eigenvalue weighted by Gasteiger charge is -2.16. The summed E-state index contributed by atoms with van der Waals surface area (Å²) in [5, 5.41) is 19.1. The summed E-state index contributed by atoms with van der Waals surface area (Å²) in [7, 11) is 1.91. The molecule has 2 aliphatic carbocycles. The summed E-state index contributed by atoms with van der Waals surface area (Å²) in [5.74, 6) is 0.335. The predicted octanol–water partition coefficient (Wildman–Crippen LogP) is 6.10. The fraction of sp³-hybridized carbons (Fsp3) is 0.349. The average molecular weight is 835 g/mol. The van der Waals surface area contributed by atoms with Crippen LogP contribution in [0.1, 0.15) is 69.9 Å². The monoisotopic (exact) mass is 834 g/mol. The fourth-order valence-electron chi connectivity index (χ4n) is 7.21. The zero-order valence-electron chi connectivity index (χ0n) is 34.1. The molecule has 2 aliphatic rings. The van der Waals surface area contributed by atoms with E-state index >= 15 is 0 Å². The van der Waals surface area contributed by atoms with Gasteiger partial charge < -0.3 is 31.2 Å². The number of anilines is 4. The van der Waals surface area contributed by atoms with E-state index in [1.807, 2.05) is 87.0 Å². The number of rotatable bonds is 15. The van der Waals surface area contributed by atoms with E-state index in [4.69, 9.17) is 35.4 Å². The molecular weight excluding hydrogens is 784 g/mol. The Kier molecular flexibility index (Phi) is 14.9. The summed E-state index contributed by atoms with van der Waals surface area (Å²) >= 11 is 0. The topological polar surface area (TPSA) is 202 Å². The van der Waals surface area contributed by atoms with Crippen molar-refractivity contribution in [2.24, 2.45) is 5.73 Å². The molecular formula is C43H51ClN12O4. The molecule has 0 atom stereocenters. The van der Waals surface area contributed by atoms with Crippen LogP contribution >= 0.6 is 12.4 Å². The number of carbonyl (C=O) groups is 2. The molecule has 4 heterocycles. The van der Waals surface area contributed by atoms with E-state index in [2.05, 4.69) is 25.9 Å². The van der Waals surface area contributed by atoms with Gasteiger partial charge in [0.25, 0.3) is 0 Å². The highest BCUT2D eigenvalue weighted by Crippen LogP contribution is 2.36. The molecule has 2 aromatic carbocycles. The third-order valence-corrected chi connectivity index (χ3v) is 9.94. The van der Waals surface area contributed by atoms with Crippen LogP contribution in [0, 0.1) is 0 Å². The molecule has 0 saturated carbocycles. The van der Waals surface area contributed by atoms with Gasteiger partial charge in [-0.3, -0.25) is 9.36 Å². The summed E-state index contributed by atoms with van der Waals surface area (Å²) < 4.78 is 14.1.